The molecule has 0 aromatic carbocycles. The van der Waals surface area contributed by atoms with Crippen LogP contribution in [-0.2, 0) is 11.3 Å². The molecule has 0 unspecified atom stereocenters. The van der Waals surface area contributed by atoms with Crippen molar-refractivity contribution in [3.05, 3.63) is 40.9 Å². The fourth-order valence-corrected chi connectivity index (χ4v) is 3.26. The number of carbonyl (C=O) groups is 1. The van der Waals surface area contributed by atoms with Crippen molar-refractivity contribution in [1.29, 1.82) is 0 Å². The fourth-order valence-electron chi connectivity index (χ4n) is 3.04. The van der Waals surface area contributed by atoms with Crippen LogP contribution in [0.3, 0.4) is 0 Å². The molecule has 0 saturated carbocycles. The average Bonchev–Trinajstić information content (AvgIpc) is 2.59. The summed E-state index contributed by atoms with van der Waals surface area (Å²) < 4.78 is 0. The number of amides is 1. The Labute approximate surface area is 151 Å². The van der Waals surface area contributed by atoms with E-state index < -0.39 is 0 Å². The molecular formula is C17H21ClN6O. The molecule has 3 N–H and O–H groups in total. The summed E-state index contributed by atoms with van der Waals surface area (Å²) in [4.78, 5) is 26.5. The van der Waals surface area contributed by atoms with E-state index in [9.17, 15) is 4.79 Å². The zero-order valence-corrected chi connectivity index (χ0v) is 14.8. The third kappa shape index (κ3) is 4.36. The number of pyridine rings is 1. The molecule has 3 heterocycles. The van der Waals surface area contributed by atoms with Crippen LogP contribution in [0.4, 0.5) is 11.6 Å². The van der Waals surface area contributed by atoms with Crippen molar-refractivity contribution in [2.24, 2.45) is 11.7 Å². The van der Waals surface area contributed by atoms with Crippen molar-refractivity contribution in [2.75, 3.05) is 23.3 Å². The van der Waals surface area contributed by atoms with E-state index >= 15 is 0 Å². The Morgan fingerprint density at radius 2 is 2.16 bits per heavy atom. The number of carbonyl (C=O) groups excluding carboxylic acids is 1. The minimum atomic E-state index is -0.210. The normalized spacial score (nSPS) is 15.2. The van der Waals surface area contributed by atoms with Gasteiger partial charge in [-0.15, -0.1) is 0 Å². The molecule has 1 amide bonds. The maximum atomic E-state index is 11.3. The quantitative estimate of drug-likeness (QED) is 0.793. The van der Waals surface area contributed by atoms with Gasteiger partial charge in [0.2, 0.25) is 5.91 Å². The van der Waals surface area contributed by atoms with Crippen LogP contribution in [0.25, 0.3) is 0 Å². The SMILES string of the molecule is Cc1nc(Cl)cc(NCc2cccnc2N2CCC(C(N)=O)CC2)n1. The summed E-state index contributed by atoms with van der Waals surface area (Å²) in [6.07, 6.45) is 3.31. The van der Waals surface area contributed by atoms with E-state index in [1.54, 1.807) is 19.2 Å². The lowest BCUT2D eigenvalue weighted by Gasteiger charge is -2.32. The molecule has 3 rings (SSSR count). The maximum Gasteiger partial charge on any atom is 0.220 e. The molecule has 25 heavy (non-hydrogen) atoms. The topological polar surface area (TPSA) is 97.0 Å². The van der Waals surface area contributed by atoms with Gasteiger partial charge in [0, 0.05) is 43.4 Å². The summed E-state index contributed by atoms with van der Waals surface area (Å²) >= 11 is 5.97. The number of nitrogens with two attached hydrogens (primary N) is 1. The Kier molecular flexibility index (Phi) is 5.33. The van der Waals surface area contributed by atoms with E-state index in [1.807, 2.05) is 12.1 Å². The molecule has 0 atom stereocenters. The first kappa shape index (κ1) is 17.4. The average molecular weight is 361 g/mol. The van der Waals surface area contributed by atoms with Crippen LogP contribution in [0.5, 0.6) is 0 Å². The van der Waals surface area contributed by atoms with Crippen LogP contribution in [-0.4, -0.2) is 33.9 Å². The smallest absolute Gasteiger partial charge is 0.220 e. The van der Waals surface area contributed by atoms with Crippen molar-refractivity contribution in [1.82, 2.24) is 15.0 Å². The molecule has 0 aliphatic carbocycles. The number of hydrogen-bond donors (Lipinski definition) is 2. The molecule has 0 spiro atoms. The molecule has 0 bridgehead atoms. The monoisotopic (exact) mass is 360 g/mol. The van der Waals surface area contributed by atoms with Crippen molar-refractivity contribution < 1.29 is 4.79 Å². The van der Waals surface area contributed by atoms with Crippen molar-refractivity contribution in [3.63, 3.8) is 0 Å². The Morgan fingerprint density at radius 3 is 2.84 bits per heavy atom. The predicted molar refractivity (Wildman–Crippen MR) is 97.5 cm³/mol. The van der Waals surface area contributed by atoms with E-state index in [-0.39, 0.29) is 11.8 Å². The molecule has 7 nitrogen and oxygen atoms in total. The Morgan fingerprint density at radius 1 is 1.40 bits per heavy atom. The number of halogens is 1. The van der Waals surface area contributed by atoms with Gasteiger partial charge in [0.15, 0.2) is 0 Å². The number of nitrogens with one attached hydrogen (secondary N) is 1. The van der Waals surface area contributed by atoms with Gasteiger partial charge in [-0.1, -0.05) is 17.7 Å². The summed E-state index contributed by atoms with van der Waals surface area (Å²) in [5.41, 5.74) is 6.47. The van der Waals surface area contributed by atoms with Crippen molar-refractivity contribution >= 4 is 29.1 Å². The number of aromatic nitrogens is 3. The summed E-state index contributed by atoms with van der Waals surface area (Å²) in [7, 11) is 0. The standard InChI is InChI=1S/C17H21ClN6O/c1-11-22-14(18)9-15(23-11)21-10-13-3-2-6-20-17(13)24-7-4-12(5-8-24)16(19)25/h2-3,6,9,12H,4-5,7-8,10H2,1H3,(H2,19,25)(H,21,22,23). The van der Waals surface area contributed by atoms with E-state index in [2.05, 4.69) is 25.2 Å². The largest absolute Gasteiger partial charge is 0.369 e. The summed E-state index contributed by atoms with van der Waals surface area (Å²) in [5.74, 6) is 1.98. The van der Waals surface area contributed by atoms with Gasteiger partial charge in [-0.25, -0.2) is 15.0 Å². The number of anilines is 2. The maximum absolute atomic E-state index is 11.3. The van der Waals surface area contributed by atoms with Crippen LogP contribution >= 0.6 is 11.6 Å². The minimum Gasteiger partial charge on any atom is -0.369 e. The molecule has 132 valence electrons. The highest BCUT2D eigenvalue weighted by molar-refractivity contribution is 6.29. The van der Waals surface area contributed by atoms with Crippen molar-refractivity contribution in [3.8, 4) is 0 Å². The predicted octanol–water partition coefficient (Wildman–Crippen LogP) is 2.15. The van der Waals surface area contributed by atoms with Crippen LogP contribution in [0.1, 0.15) is 24.2 Å². The molecule has 2 aromatic rings. The lowest BCUT2D eigenvalue weighted by atomic mass is 9.96. The van der Waals surface area contributed by atoms with E-state index in [0.717, 1.165) is 37.3 Å². The Balaban J connectivity index is 1.70. The molecular weight excluding hydrogens is 340 g/mol. The summed E-state index contributed by atoms with van der Waals surface area (Å²) in [5, 5.41) is 3.68. The van der Waals surface area contributed by atoms with Gasteiger partial charge in [0.1, 0.15) is 22.6 Å². The molecule has 1 fully saturated rings. The zero-order chi connectivity index (χ0) is 17.8. The first-order valence-electron chi connectivity index (χ1n) is 8.26. The van der Waals surface area contributed by atoms with Gasteiger partial charge in [-0.2, -0.15) is 0 Å². The first-order chi connectivity index (χ1) is 12.0. The number of piperidine rings is 1. The summed E-state index contributed by atoms with van der Waals surface area (Å²) in [6, 6.07) is 5.64. The van der Waals surface area contributed by atoms with Crippen LogP contribution in [0.2, 0.25) is 5.15 Å². The minimum absolute atomic E-state index is 0.0346. The van der Waals surface area contributed by atoms with Crippen LogP contribution in [0, 0.1) is 12.8 Å². The second kappa shape index (κ2) is 7.65. The highest BCUT2D eigenvalue weighted by atomic mass is 35.5. The summed E-state index contributed by atoms with van der Waals surface area (Å²) in [6.45, 7) is 3.92. The van der Waals surface area contributed by atoms with Gasteiger partial charge in [0.05, 0.1) is 0 Å². The number of nitrogens with zero attached hydrogens (tertiary/aromatic N) is 4. The van der Waals surface area contributed by atoms with E-state index in [0.29, 0.717) is 23.3 Å². The molecule has 0 radical (unpaired) electrons. The molecule has 2 aromatic heterocycles. The highest BCUT2D eigenvalue weighted by Gasteiger charge is 2.24. The van der Waals surface area contributed by atoms with Crippen LogP contribution in [0.15, 0.2) is 24.4 Å². The number of rotatable bonds is 5. The number of hydrogen-bond acceptors (Lipinski definition) is 6. The van der Waals surface area contributed by atoms with Gasteiger partial charge in [-0.05, 0) is 25.8 Å². The third-order valence-corrected chi connectivity index (χ3v) is 4.52. The Bertz CT molecular complexity index is 740. The van der Waals surface area contributed by atoms with Crippen LogP contribution < -0.4 is 16.0 Å². The lowest BCUT2D eigenvalue weighted by molar-refractivity contribution is -0.122. The van der Waals surface area contributed by atoms with E-state index in [1.165, 1.54) is 0 Å². The number of aryl methyl sites for hydroxylation is 1. The van der Waals surface area contributed by atoms with Gasteiger partial charge in [-0.3, -0.25) is 4.79 Å². The lowest BCUT2D eigenvalue weighted by Crippen LogP contribution is -2.39. The molecule has 8 heteroatoms. The van der Waals surface area contributed by atoms with Gasteiger partial charge < -0.3 is 16.0 Å². The van der Waals surface area contributed by atoms with Gasteiger partial charge in [0.25, 0.3) is 0 Å². The zero-order valence-electron chi connectivity index (χ0n) is 14.1. The fraction of sp³-hybridized carbons (Fsp3) is 0.412. The Hall–Kier alpha value is -2.41. The van der Waals surface area contributed by atoms with Gasteiger partial charge >= 0.3 is 0 Å². The first-order valence-corrected chi connectivity index (χ1v) is 8.64. The van der Waals surface area contributed by atoms with Crippen molar-refractivity contribution in [2.45, 2.75) is 26.3 Å². The molecule has 1 aliphatic rings. The number of primary amides is 1. The highest BCUT2D eigenvalue weighted by Crippen LogP contribution is 2.25. The molecule has 1 aliphatic heterocycles. The molecule has 1 saturated heterocycles. The second-order valence-corrected chi connectivity index (χ2v) is 6.51. The van der Waals surface area contributed by atoms with E-state index in [4.69, 9.17) is 17.3 Å². The third-order valence-electron chi connectivity index (χ3n) is 4.33. The second-order valence-electron chi connectivity index (χ2n) is 6.13.